The number of phenolic OH excluding ortho intramolecular Hbond substituents is 1. The van der Waals surface area contributed by atoms with Gasteiger partial charge in [-0.25, -0.2) is 4.79 Å². The summed E-state index contributed by atoms with van der Waals surface area (Å²) in [5.41, 5.74) is 2.07. The lowest BCUT2D eigenvalue weighted by Crippen LogP contribution is -2.03. The zero-order valence-corrected chi connectivity index (χ0v) is 11.5. The molecule has 3 aromatic carbocycles. The zero-order chi connectivity index (χ0) is 14.8. The Balaban J connectivity index is 2.37. The van der Waals surface area contributed by atoms with Crippen LogP contribution in [0.5, 0.6) is 5.75 Å². The smallest absolute Gasteiger partial charge is 0.342 e. The normalized spacial score (nSPS) is 10.5. The van der Waals surface area contributed by atoms with Gasteiger partial charge >= 0.3 is 5.97 Å². The molecule has 3 nitrogen and oxygen atoms in total. The minimum Gasteiger partial charge on any atom is -0.507 e. The number of rotatable bonds is 2. The number of ether oxygens (including phenoxy) is 1. The van der Waals surface area contributed by atoms with Crippen molar-refractivity contribution in [2.75, 3.05) is 7.11 Å². The molecule has 0 unspecified atom stereocenters. The summed E-state index contributed by atoms with van der Waals surface area (Å²) in [6, 6.07) is 18.9. The summed E-state index contributed by atoms with van der Waals surface area (Å²) in [7, 11) is 1.31. The molecular formula is C18H14O3. The molecule has 0 aliphatic rings. The topological polar surface area (TPSA) is 46.5 Å². The molecule has 3 aromatic rings. The molecule has 0 amide bonds. The fourth-order valence-electron chi connectivity index (χ4n) is 2.53. The Morgan fingerprint density at radius 3 is 2.24 bits per heavy atom. The summed E-state index contributed by atoms with van der Waals surface area (Å²) < 4.78 is 4.77. The lowest BCUT2D eigenvalue weighted by Gasteiger charge is -2.12. The average Bonchev–Trinajstić information content (AvgIpc) is 2.54. The van der Waals surface area contributed by atoms with Crippen molar-refractivity contribution >= 4 is 16.7 Å². The van der Waals surface area contributed by atoms with Gasteiger partial charge < -0.3 is 9.84 Å². The van der Waals surface area contributed by atoms with E-state index in [0.29, 0.717) is 5.39 Å². The maximum Gasteiger partial charge on any atom is 0.342 e. The van der Waals surface area contributed by atoms with Gasteiger partial charge in [0.05, 0.1) is 7.11 Å². The molecule has 0 bridgehead atoms. The van der Waals surface area contributed by atoms with Crippen molar-refractivity contribution < 1.29 is 14.6 Å². The third-order valence-corrected chi connectivity index (χ3v) is 3.50. The van der Waals surface area contributed by atoms with Crippen LogP contribution in [-0.4, -0.2) is 18.2 Å². The molecule has 0 radical (unpaired) electrons. The standard InChI is InChI=1S/C18H14O3/c1-21-18(20)17-14-10-6-5-9-13(14)15(11-16(17)19)12-7-3-2-4-8-12/h2-11,19H,1H3. The summed E-state index contributed by atoms with van der Waals surface area (Å²) >= 11 is 0. The van der Waals surface area contributed by atoms with Crippen molar-refractivity contribution in [1.82, 2.24) is 0 Å². The monoisotopic (exact) mass is 278 g/mol. The maximum atomic E-state index is 11.9. The predicted molar refractivity (Wildman–Crippen MR) is 82.4 cm³/mol. The molecule has 3 rings (SSSR count). The number of phenols is 1. The molecule has 1 N–H and O–H groups in total. The van der Waals surface area contributed by atoms with E-state index in [1.54, 1.807) is 6.07 Å². The summed E-state index contributed by atoms with van der Waals surface area (Å²) in [5.74, 6) is -0.609. The number of esters is 1. The first-order valence-corrected chi connectivity index (χ1v) is 6.61. The van der Waals surface area contributed by atoms with Crippen molar-refractivity contribution in [1.29, 1.82) is 0 Å². The van der Waals surface area contributed by atoms with E-state index in [1.165, 1.54) is 7.11 Å². The molecule has 104 valence electrons. The van der Waals surface area contributed by atoms with Gasteiger partial charge in [-0.05, 0) is 22.6 Å². The van der Waals surface area contributed by atoms with Gasteiger partial charge in [0.25, 0.3) is 0 Å². The van der Waals surface area contributed by atoms with E-state index in [2.05, 4.69) is 0 Å². The van der Waals surface area contributed by atoms with Crippen molar-refractivity contribution in [3.8, 4) is 16.9 Å². The van der Waals surface area contributed by atoms with Crippen LogP contribution in [0.3, 0.4) is 0 Å². The first-order chi connectivity index (χ1) is 10.2. The largest absolute Gasteiger partial charge is 0.507 e. The third kappa shape index (κ3) is 2.23. The summed E-state index contributed by atoms with van der Waals surface area (Å²) in [6.07, 6.45) is 0. The minimum absolute atomic E-state index is 0.0700. The van der Waals surface area contributed by atoms with E-state index in [0.717, 1.165) is 16.5 Å². The van der Waals surface area contributed by atoms with E-state index < -0.39 is 5.97 Å². The van der Waals surface area contributed by atoms with E-state index in [9.17, 15) is 9.90 Å². The fourth-order valence-corrected chi connectivity index (χ4v) is 2.53. The number of carbonyl (C=O) groups is 1. The number of hydrogen-bond acceptors (Lipinski definition) is 3. The molecule has 0 saturated heterocycles. The second kappa shape index (κ2) is 5.29. The SMILES string of the molecule is COC(=O)c1c(O)cc(-c2ccccc2)c2ccccc12. The lowest BCUT2D eigenvalue weighted by molar-refractivity contribution is 0.0600. The molecule has 0 atom stereocenters. The van der Waals surface area contributed by atoms with Gasteiger partial charge in [-0.1, -0.05) is 54.6 Å². The van der Waals surface area contributed by atoms with E-state index in [4.69, 9.17) is 4.74 Å². The van der Waals surface area contributed by atoms with Crippen LogP contribution in [0.2, 0.25) is 0 Å². The first-order valence-electron chi connectivity index (χ1n) is 6.61. The summed E-state index contributed by atoms with van der Waals surface area (Å²) in [6.45, 7) is 0. The van der Waals surface area contributed by atoms with Crippen LogP contribution < -0.4 is 0 Å². The van der Waals surface area contributed by atoms with Crippen molar-refractivity contribution in [2.45, 2.75) is 0 Å². The molecular weight excluding hydrogens is 264 g/mol. The molecule has 0 heterocycles. The van der Waals surface area contributed by atoms with Crippen LogP contribution in [0.1, 0.15) is 10.4 Å². The molecule has 3 heteroatoms. The van der Waals surface area contributed by atoms with Gasteiger partial charge in [-0.3, -0.25) is 0 Å². The van der Waals surface area contributed by atoms with E-state index in [1.807, 2.05) is 54.6 Å². The van der Waals surface area contributed by atoms with Crippen LogP contribution in [0, 0.1) is 0 Å². The Hall–Kier alpha value is -2.81. The molecule has 0 aromatic heterocycles. The Kier molecular flexibility index (Phi) is 3.32. The van der Waals surface area contributed by atoms with Crippen LogP contribution >= 0.6 is 0 Å². The molecule has 0 spiro atoms. The van der Waals surface area contributed by atoms with Gasteiger partial charge in [0, 0.05) is 5.39 Å². The fraction of sp³-hybridized carbons (Fsp3) is 0.0556. The first kappa shape index (κ1) is 13.2. The maximum absolute atomic E-state index is 11.9. The number of methoxy groups -OCH3 is 1. The summed E-state index contributed by atoms with van der Waals surface area (Å²) in [4.78, 5) is 11.9. The van der Waals surface area contributed by atoms with Crippen LogP contribution in [0.25, 0.3) is 21.9 Å². The van der Waals surface area contributed by atoms with Gasteiger partial charge in [0.1, 0.15) is 11.3 Å². The average molecular weight is 278 g/mol. The van der Waals surface area contributed by atoms with Gasteiger partial charge in [0.15, 0.2) is 0 Å². The van der Waals surface area contributed by atoms with Crippen molar-refractivity contribution in [2.24, 2.45) is 0 Å². The highest BCUT2D eigenvalue weighted by Crippen LogP contribution is 2.36. The molecule has 0 aliphatic carbocycles. The highest BCUT2D eigenvalue weighted by Gasteiger charge is 2.18. The van der Waals surface area contributed by atoms with Gasteiger partial charge in [-0.15, -0.1) is 0 Å². The Bertz CT molecular complexity index is 807. The number of aromatic hydroxyl groups is 1. The molecule has 0 fully saturated rings. The molecule has 21 heavy (non-hydrogen) atoms. The van der Waals surface area contributed by atoms with Crippen LogP contribution in [-0.2, 0) is 4.74 Å². The number of fused-ring (bicyclic) bond motifs is 1. The minimum atomic E-state index is -0.539. The second-order valence-corrected chi connectivity index (χ2v) is 4.72. The highest BCUT2D eigenvalue weighted by atomic mass is 16.5. The molecule has 0 saturated carbocycles. The Morgan fingerprint density at radius 2 is 1.57 bits per heavy atom. The summed E-state index contributed by atoms with van der Waals surface area (Å²) in [5, 5.41) is 11.8. The van der Waals surface area contributed by atoms with Crippen molar-refractivity contribution in [3.63, 3.8) is 0 Å². The zero-order valence-electron chi connectivity index (χ0n) is 11.5. The highest BCUT2D eigenvalue weighted by molar-refractivity contribution is 6.11. The van der Waals surface area contributed by atoms with Gasteiger partial charge in [-0.2, -0.15) is 0 Å². The quantitative estimate of drug-likeness (QED) is 0.721. The number of carbonyl (C=O) groups excluding carboxylic acids is 1. The second-order valence-electron chi connectivity index (χ2n) is 4.72. The molecule has 0 aliphatic heterocycles. The lowest BCUT2D eigenvalue weighted by atomic mass is 9.94. The Morgan fingerprint density at radius 1 is 0.952 bits per heavy atom. The van der Waals surface area contributed by atoms with Gasteiger partial charge in [0.2, 0.25) is 0 Å². The Labute approximate surface area is 122 Å². The predicted octanol–water partition coefficient (Wildman–Crippen LogP) is 4.00. The number of hydrogen-bond donors (Lipinski definition) is 1. The van der Waals surface area contributed by atoms with E-state index >= 15 is 0 Å². The number of benzene rings is 3. The van der Waals surface area contributed by atoms with Crippen LogP contribution in [0.15, 0.2) is 60.7 Å². The van der Waals surface area contributed by atoms with Crippen LogP contribution in [0.4, 0.5) is 0 Å². The third-order valence-electron chi connectivity index (χ3n) is 3.50. The van der Waals surface area contributed by atoms with Crippen molar-refractivity contribution in [3.05, 3.63) is 66.2 Å². The van der Waals surface area contributed by atoms with E-state index in [-0.39, 0.29) is 11.3 Å².